The average molecular weight is 274 g/mol. The minimum atomic E-state index is -4.26. The van der Waals surface area contributed by atoms with E-state index < -0.39 is 11.7 Å². The van der Waals surface area contributed by atoms with E-state index in [0.29, 0.717) is 5.56 Å². The van der Waals surface area contributed by atoms with E-state index in [1.54, 1.807) is 6.92 Å². The first kappa shape index (κ1) is 13.8. The second-order valence-electron chi connectivity index (χ2n) is 2.64. The van der Waals surface area contributed by atoms with Gasteiger partial charge in [-0.1, -0.05) is 13.0 Å². The Balaban J connectivity index is 0.000000791. The summed E-state index contributed by atoms with van der Waals surface area (Å²) in [5, 5.41) is 0. The number of alkyl halides is 3. The molecule has 0 aliphatic heterocycles. The van der Waals surface area contributed by atoms with Crippen LogP contribution >= 0.6 is 9.69 Å². The van der Waals surface area contributed by atoms with Gasteiger partial charge in [0.2, 0.25) is 0 Å². The standard InChI is InChI=1S/C9H8F3.ClH.Zn/c1-6-3-4-8(5-7(6)2)9(10,11)12;;/h3-5H,2H2,1H3;1H;/q-1;;+2/p-1. The van der Waals surface area contributed by atoms with Crippen LogP contribution < -0.4 is 0 Å². The predicted molar refractivity (Wildman–Crippen MR) is 46.5 cm³/mol. The Hall–Kier alpha value is -0.207. The Morgan fingerprint density at radius 2 is 1.79 bits per heavy atom. The van der Waals surface area contributed by atoms with Crippen molar-refractivity contribution in [1.29, 1.82) is 0 Å². The van der Waals surface area contributed by atoms with E-state index in [0.717, 1.165) is 35.0 Å². The van der Waals surface area contributed by atoms with Gasteiger partial charge in [0.1, 0.15) is 0 Å². The first-order chi connectivity index (χ1) is 6.41. The molecule has 74 valence electrons. The van der Waals surface area contributed by atoms with E-state index in [9.17, 15) is 13.2 Å². The van der Waals surface area contributed by atoms with Crippen molar-refractivity contribution in [1.82, 2.24) is 0 Å². The number of halogens is 4. The van der Waals surface area contributed by atoms with Crippen LogP contribution in [0.2, 0.25) is 0 Å². The van der Waals surface area contributed by atoms with Crippen LogP contribution in [-0.4, -0.2) is 0 Å². The molecule has 0 saturated heterocycles. The molecule has 1 aromatic rings. The fourth-order valence-electron chi connectivity index (χ4n) is 0.848. The third-order valence-corrected chi connectivity index (χ3v) is 1.68. The Bertz CT molecular complexity index is 297. The van der Waals surface area contributed by atoms with Crippen LogP contribution in [-0.2, 0) is 23.5 Å². The van der Waals surface area contributed by atoms with Crippen molar-refractivity contribution >= 4 is 9.69 Å². The van der Waals surface area contributed by atoms with E-state index in [1.807, 2.05) is 0 Å². The first-order valence-electron chi connectivity index (χ1n) is 3.68. The summed E-state index contributed by atoms with van der Waals surface area (Å²) >= 11 is 0.847. The number of hydrogen-bond acceptors (Lipinski definition) is 0. The van der Waals surface area contributed by atoms with Gasteiger partial charge in [-0.2, -0.15) is 37.3 Å². The summed E-state index contributed by atoms with van der Waals surface area (Å²) in [4.78, 5) is 0. The van der Waals surface area contributed by atoms with Crippen LogP contribution in [0.25, 0.3) is 0 Å². The van der Waals surface area contributed by atoms with Gasteiger partial charge in [0.15, 0.2) is 0 Å². The van der Waals surface area contributed by atoms with Gasteiger partial charge < -0.3 is 0 Å². The van der Waals surface area contributed by atoms with Crippen molar-refractivity contribution in [3.8, 4) is 0 Å². The van der Waals surface area contributed by atoms with Gasteiger partial charge in [-0.15, -0.1) is 6.07 Å². The Morgan fingerprint density at radius 1 is 1.29 bits per heavy atom. The molecular weight excluding hydrogens is 266 g/mol. The molecule has 0 nitrogen and oxygen atoms in total. The fourth-order valence-corrected chi connectivity index (χ4v) is 0.848. The normalized spacial score (nSPS) is 10.5. The Morgan fingerprint density at radius 3 is 2.14 bits per heavy atom. The van der Waals surface area contributed by atoms with Crippen molar-refractivity contribution in [3.05, 3.63) is 41.8 Å². The van der Waals surface area contributed by atoms with Crippen LogP contribution in [0.15, 0.2) is 18.2 Å². The monoisotopic (exact) mass is 272 g/mol. The molecule has 0 aliphatic rings. The van der Waals surface area contributed by atoms with Crippen molar-refractivity contribution in [2.75, 3.05) is 0 Å². The van der Waals surface area contributed by atoms with E-state index in [2.05, 4.69) is 6.92 Å². The summed E-state index contributed by atoms with van der Waals surface area (Å²) in [6, 6.07) is 3.53. The molecule has 14 heavy (non-hydrogen) atoms. The third-order valence-electron chi connectivity index (χ3n) is 1.68. The SMILES string of the molecule is [CH2-]c1cc(C(F)(F)F)ccc1C.[Cl][Zn+]. The van der Waals surface area contributed by atoms with Crippen LogP contribution in [0.4, 0.5) is 13.2 Å². The number of aryl methyl sites for hydroxylation is 1. The molecule has 0 spiro atoms. The van der Waals surface area contributed by atoms with E-state index >= 15 is 0 Å². The molecule has 1 aromatic carbocycles. The summed E-state index contributed by atoms with van der Waals surface area (Å²) in [6.07, 6.45) is -4.26. The van der Waals surface area contributed by atoms with Gasteiger partial charge in [-0.3, -0.25) is 0 Å². The summed E-state index contributed by atoms with van der Waals surface area (Å²) in [6.45, 7) is 5.22. The second kappa shape index (κ2) is 5.62. The van der Waals surface area contributed by atoms with E-state index in [1.165, 1.54) is 6.07 Å². The van der Waals surface area contributed by atoms with E-state index in [4.69, 9.17) is 9.69 Å². The number of rotatable bonds is 0. The summed E-state index contributed by atoms with van der Waals surface area (Å²) in [5.74, 6) is 0. The first-order valence-corrected chi connectivity index (χ1v) is 7.57. The zero-order valence-electron chi connectivity index (χ0n) is 7.66. The molecule has 0 fully saturated rings. The molecule has 0 aliphatic carbocycles. The van der Waals surface area contributed by atoms with Crippen molar-refractivity contribution in [2.24, 2.45) is 0 Å². The Kier molecular flexibility index (Phi) is 5.54. The van der Waals surface area contributed by atoms with Crippen LogP contribution in [0.3, 0.4) is 0 Å². The molecule has 1 rings (SSSR count). The average Bonchev–Trinajstić information content (AvgIpc) is 2.11. The Labute approximate surface area is 95.2 Å². The molecule has 0 unspecified atom stereocenters. The molecule has 0 heterocycles. The fraction of sp³-hybridized carbons (Fsp3) is 0.222. The van der Waals surface area contributed by atoms with Crippen LogP contribution in [0, 0.1) is 13.8 Å². The maximum atomic E-state index is 12.1. The van der Waals surface area contributed by atoms with Gasteiger partial charge in [0.25, 0.3) is 0 Å². The summed E-state index contributed by atoms with van der Waals surface area (Å²) in [5.41, 5.74) is 0.547. The molecule has 0 saturated carbocycles. The minimum absolute atomic E-state index is 0.421. The van der Waals surface area contributed by atoms with Crippen molar-refractivity contribution < 1.29 is 30.5 Å². The van der Waals surface area contributed by atoms with Gasteiger partial charge >= 0.3 is 33.2 Å². The molecule has 0 aromatic heterocycles. The molecule has 0 radical (unpaired) electrons. The maximum absolute atomic E-state index is 12.1. The molecule has 0 bridgehead atoms. The van der Waals surface area contributed by atoms with Gasteiger partial charge in [-0.05, 0) is 5.56 Å². The zero-order valence-corrected chi connectivity index (χ0v) is 11.4. The summed E-state index contributed by atoms with van der Waals surface area (Å²) in [7, 11) is 4.76. The van der Waals surface area contributed by atoms with Crippen LogP contribution in [0.1, 0.15) is 16.7 Å². The quantitative estimate of drug-likeness (QED) is 0.497. The van der Waals surface area contributed by atoms with Crippen molar-refractivity contribution in [3.63, 3.8) is 0 Å². The zero-order chi connectivity index (χ0) is 11.4. The third kappa shape index (κ3) is 3.89. The number of hydrogen-bond donors (Lipinski definition) is 0. The second-order valence-corrected chi connectivity index (χ2v) is 2.64. The van der Waals surface area contributed by atoms with Crippen LogP contribution in [0.5, 0.6) is 0 Å². The molecule has 0 atom stereocenters. The van der Waals surface area contributed by atoms with Gasteiger partial charge in [-0.25, -0.2) is 0 Å². The molecule has 5 heteroatoms. The molecule has 0 N–H and O–H groups in total. The van der Waals surface area contributed by atoms with Gasteiger partial charge in [0.05, 0.1) is 0 Å². The predicted octanol–water partition coefficient (Wildman–Crippen LogP) is 3.88. The molecule has 0 amide bonds. The van der Waals surface area contributed by atoms with Crippen molar-refractivity contribution in [2.45, 2.75) is 13.1 Å². The summed E-state index contributed by atoms with van der Waals surface area (Å²) < 4.78 is 36.2. The molecular formula is C9H8ClF3Zn. The number of benzene rings is 1. The van der Waals surface area contributed by atoms with Gasteiger partial charge in [0, 0.05) is 0 Å². The van der Waals surface area contributed by atoms with E-state index in [-0.39, 0.29) is 0 Å². The topological polar surface area (TPSA) is 0 Å².